The predicted molar refractivity (Wildman–Crippen MR) is 63.4 cm³/mol. The molecule has 0 spiro atoms. The monoisotopic (exact) mass is 241 g/mol. The third-order valence-electron chi connectivity index (χ3n) is 3.38. The Kier molecular flexibility index (Phi) is 3.38. The Balaban J connectivity index is 2.19. The van der Waals surface area contributed by atoms with Gasteiger partial charge in [0, 0.05) is 5.56 Å². The first-order valence-corrected chi connectivity index (χ1v) is 5.90. The molecule has 1 fully saturated rings. The zero-order valence-corrected chi connectivity index (χ0v) is 9.69. The number of halogens is 1. The van der Waals surface area contributed by atoms with Gasteiger partial charge in [-0.15, -0.1) is 0 Å². The van der Waals surface area contributed by atoms with E-state index in [1.54, 1.807) is 18.2 Å². The third kappa shape index (κ3) is 2.03. The van der Waals surface area contributed by atoms with Crippen LogP contribution in [0.1, 0.15) is 30.9 Å². The summed E-state index contributed by atoms with van der Waals surface area (Å²) in [6.45, 7) is 0. The highest BCUT2D eigenvalue weighted by atomic mass is 35.5. The van der Waals surface area contributed by atoms with E-state index >= 15 is 0 Å². The SMILES string of the molecule is N[C@H](c1cccc(Cl)c1O)[C@@H](O)C1CCC1. The van der Waals surface area contributed by atoms with Gasteiger partial charge in [0.1, 0.15) is 5.75 Å². The Hall–Kier alpha value is -0.770. The number of aromatic hydroxyl groups is 1. The summed E-state index contributed by atoms with van der Waals surface area (Å²) in [5, 5.41) is 20.1. The molecule has 0 bridgehead atoms. The molecule has 4 N–H and O–H groups in total. The van der Waals surface area contributed by atoms with E-state index < -0.39 is 12.1 Å². The average Bonchev–Trinajstić information content (AvgIpc) is 2.18. The number of hydrogen-bond acceptors (Lipinski definition) is 3. The maximum Gasteiger partial charge on any atom is 0.139 e. The number of phenols is 1. The van der Waals surface area contributed by atoms with E-state index in [4.69, 9.17) is 17.3 Å². The number of rotatable bonds is 3. The highest BCUT2D eigenvalue weighted by molar-refractivity contribution is 6.32. The van der Waals surface area contributed by atoms with Crippen molar-refractivity contribution < 1.29 is 10.2 Å². The van der Waals surface area contributed by atoms with Crippen LogP contribution in [0.5, 0.6) is 5.75 Å². The smallest absolute Gasteiger partial charge is 0.139 e. The Morgan fingerprint density at radius 3 is 2.62 bits per heavy atom. The van der Waals surface area contributed by atoms with Crippen LogP contribution in [0.15, 0.2) is 18.2 Å². The van der Waals surface area contributed by atoms with Gasteiger partial charge in [0.2, 0.25) is 0 Å². The second kappa shape index (κ2) is 4.62. The van der Waals surface area contributed by atoms with E-state index in [0.29, 0.717) is 5.56 Å². The molecule has 0 aromatic heterocycles. The first-order valence-electron chi connectivity index (χ1n) is 5.52. The van der Waals surface area contributed by atoms with Crippen molar-refractivity contribution in [3.05, 3.63) is 28.8 Å². The molecule has 16 heavy (non-hydrogen) atoms. The van der Waals surface area contributed by atoms with E-state index in [2.05, 4.69) is 0 Å². The van der Waals surface area contributed by atoms with E-state index in [1.165, 1.54) is 0 Å². The van der Waals surface area contributed by atoms with Gasteiger partial charge >= 0.3 is 0 Å². The molecule has 1 aromatic rings. The third-order valence-corrected chi connectivity index (χ3v) is 3.68. The van der Waals surface area contributed by atoms with Crippen molar-refractivity contribution in [3.63, 3.8) is 0 Å². The van der Waals surface area contributed by atoms with Crippen LogP contribution in [-0.2, 0) is 0 Å². The van der Waals surface area contributed by atoms with Crippen molar-refractivity contribution in [1.29, 1.82) is 0 Å². The lowest BCUT2D eigenvalue weighted by Gasteiger charge is -2.34. The summed E-state index contributed by atoms with van der Waals surface area (Å²) in [6.07, 6.45) is 2.57. The lowest BCUT2D eigenvalue weighted by Crippen LogP contribution is -2.36. The van der Waals surface area contributed by atoms with Gasteiger partial charge in [0.05, 0.1) is 17.2 Å². The topological polar surface area (TPSA) is 66.5 Å². The standard InChI is InChI=1S/C12H16ClNO2/c13-9-6-2-5-8(12(9)16)10(14)11(15)7-3-1-4-7/h2,5-7,10-11,15-16H,1,3-4,14H2/t10-,11+/m1/s1. The number of benzene rings is 1. The lowest BCUT2D eigenvalue weighted by molar-refractivity contribution is 0.0408. The summed E-state index contributed by atoms with van der Waals surface area (Å²) in [6, 6.07) is 4.46. The van der Waals surface area contributed by atoms with Crippen LogP contribution in [0.3, 0.4) is 0 Å². The molecule has 0 radical (unpaired) electrons. The molecule has 0 saturated heterocycles. The molecule has 0 amide bonds. The Morgan fingerprint density at radius 1 is 1.38 bits per heavy atom. The second-order valence-electron chi connectivity index (χ2n) is 4.39. The van der Waals surface area contributed by atoms with E-state index in [1.807, 2.05) is 0 Å². The van der Waals surface area contributed by atoms with Crippen LogP contribution in [0.4, 0.5) is 0 Å². The Labute approximate surface area is 99.8 Å². The summed E-state index contributed by atoms with van der Waals surface area (Å²) in [7, 11) is 0. The highest BCUT2D eigenvalue weighted by Crippen LogP contribution is 2.38. The molecule has 1 aliphatic rings. The maximum atomic E-state index is 10.0. The summed E-state index contributed by atoms with van der Waals surface area (Å²) in [4.78, 5) is 0. The fourth-order valence-electron chi connectivity index (χ4n) is 2.06. The van der Waals surface area contributed by atoms with Gasteiger partial charge in [-0.2, -0.15) is 0 Å². The molecule has 1 aromatic carbocycles. The fourth-order valence-corrected chi connectivity index (χ4v) is 2.24. The molecule has 2 atom stereocenters. The van der Waals surface area contributed by atoms with E-state index in [-0.39, 0.29) is 16.7 Å². The van der Waals surface area contributed by atoms with Gasteiger partial charge in [-0.25, -0.2) is 0 Å². The van der Waals surface area contributed by atoms with Crippen molar-refractivity contribution in [2.24, 2.45) is 11.7 Å². The summed E-state index contributed by atoms with van der Waals surface area (Å²) >= 11 is 5.80. The summed E-state index contributed by atoms with van der Waals surface area (Å²) in [5.41, 5.74) is 6.47. The van der Waals surface area contributed by atoms with Crippen LogP contribution in [0.2, 0.25) is 5.02 Å². The summed E-state index contributed by atoms with van der Waals surface area (Å²) in [5.74, 6) is 0.239. The molecule has 4 heteroatoms. The lowest BCUT2D eigenvalue weighted by atomic mass is 9.77. The average molecular weight is 242 g/mol. The molecule has 1 saturated carbocycles. The summed E-state index contributed by atoms with van der Waals surface area (Å²) < 4.78 is 0. The number of nitrogens with two attached hydrogens (primary N) is 1. The largest absolute Gasteiger partial charge is 0.506 e. The van der Waals surface area contributed by atoms with Crippen molar-refractivity contribution in [2.75, 3.05) is 0 Å². The molecule has 3 nitrogen and oxygen atoms in total. The molecule has 88 valence electrons. The van der Waals surface area contributed by atoms with Crippen LogP contribution in [0, 0.1) is 5.92 Å². The van der Waals surface area contributed by atoms with Crippen LogP contribution in [-0.4, -0.2) is 16.3 Å². The molecular weight excluding hydrogens is 226 g/mol. The zero-order chi connectivity index (χ0) is 11.7. The number of aliphatic hydroxyl groups excluding tert-OH is 1. The van der Waals surface area contributed by atoms with Crippen molar-refractivity contribution in [1.82, 2.24) is 0 Å². The first kappa shape index (κ1) is 11.7. The quantitative estimate of drug-likeness (QED) is 0.760. The molecule has 2 rings (SSSR count). The van der Waals surface area contributed by atoms with Gasteiger partial charge < -0.3 is 15.9 Å². The Morgan fingerprint density at radius 2 is 2.06 bits per heavy atom. The van der Waals surface area contributed by atoms with Crippen molar-refractivity contribution >= 4 is 11.6 Å². The van der Waals surface area contributed by atoms with Crippen molar-refractivity contribution in [3.8, 4) is 5.75 Å². The minimum Gasteiger partial charge on any atom is -0.506 e. The fraction of sp³-hybridized carbons (Fsp3) is 0.500. The number of aliphatic hydroxyl groups is 1. The molecular formula is C12H16ClNO2. The van der Waals surface area contributed by atoms with Crippen LogP contribution < -0.4 is 5.73 Å². The maximum absolute atomic E-state index is 10.0. The van der Waals surface area contributed by atoms with E-state index in [9.17, 15) is 10.2 Å². The highest BCUT2D eigenvalue weighted by Gasteiger charge is 2.31. The number of phenolic OH excluding ortho intramolecular Hbond substituents is 1. The van der Waals surface area contributed by atoms with Crippen LogP contribution >= 0.6 is 11.6 Å². The van der Waals surface area contributed by atoms with Gasteiger partial charge in [-0.05, 0) is 24.8 Å². The van der Waals surface area contributed by atoms with Gasteiger partial charge in [0.25, 0.3) is 0 Å². The number of hydrogen-bond donors (Lipinski definition) is 3. The molecule has 0 heterocycles. The zero-order valence-electron chi connectivity index (χ0n) is 8.94. The van der Waals surface area contributed by atoms with Crippen molar-refractivity contribution in [2.45, 2.75) is 31.4 Å². The minimum atomic E-state index is -0.599. The van der Waals surface area contributed by atoms with Gasteiger partial charge in [0.15, 0.2) is 0 Å². The van der Waals surface area contributed by atoms with Gasteiger partial charge in [-0.1, -0.05) is 30.2 Å². The predicted octanol–water partition coefficient (Wildman–Crippen LogP) is 2.21. The Bertz CT molecular complexity index is 379. The molecule has 0 aliphatic heterocycles. The van der Waals surface area contributed by atoms with Gasteiger partial charge in [-0.3, -0.25) is 0 Å². The molecule has 1 aliphatic carbocycles. The molecule has 0 unspecified atom stereocenters. The second-order valence-corrected chi connectivity index (χ2v) is 4.79. The number of para-hydroxylation sites is 1. The first-order chi connectivity index (χ1) is 7.61. The van der Waals surface area contributed by atoms with E-state index in [0.717, 1.165) is 19.3 Å². The normalized spacial score (nSPS) is 20.2. The minimum absolute atomic E-state index is 0.0185. The van der Waals surface area contributed by atoms with Crippen LogP contribution in [0.25, 0.3) is 0 Å².